The second-order valence-corrected chi connectivity index (χ2v) is 8.53. The lowest BCUT2D eigenvalue weighted by atomic mass is 9.62. The van der Waals surface area contributed by atoms with Gasteiger partial charge < -0.3 is 15.1 Å². The number of amides is 3. The predicted molar refractivity (Wildman–Crippen MR) is 122 cm³/mol. The van der Waals surface area contributed by atoms with Crippen LogP contribution < -0.4 is 10.2 Å². The number of anilines is 2. The molecule has 5 nitrogen and oxygen atoms in total. The third-order valence-electron chi connectivity index (χ3n) is 6.69. The van der Waals surface area contributed by atoms with Gasteiger partial charge in [0, 0.05) is 30.5 Å². The lowest BCUT2D eigenvalue weighted by Crippen LogP contribution is -2.67. The van der Waals surface area contributed by atoms with E-state index >= 15 is 0 Å². The second kappa shape index (κ2) is 8.31. The summed E-state index contributed by atoms with van der Waals surface area (Å²) in [5, 5.41) is 2.62. The van der Waals surface area contributed by atoms with Crippen molar-refractivity contribution in [2.75, 3.05) is 23.3 Å². The highest BCUT2D eigenvalue weighted by molar-refractivity contribution is 6.06. The van der Waals surface area contributed by atoms with Crippen molar-refractivity contribution in [2.24, 2.45) is 5.41 Å². The molecule has 0 radical (unpaired) electrons. The Morgan fingerprint density at radius 3 is 2.15 bits per heavy atom. The fourth-order valence-electron chi connectivity index (χ4n) is 4.99. The molecular weight excluding hydrogens is 424 g/mol. The van der Waals surface area contributed by atoms with E-state index in [2.05, 4.69) is 5.32 Å². The number of rotatable bonds is 3. The van der Waals surface area contributed by atoms with Crippen LogP contribution in [-0.2, 0) is 4.79 Å². The molecule has 2 heterocycles. The van der Waals surface area contributed by atoms with Gasteiger partial charge in [-0.2, -0.15) is 0 Å². The van der Waals surface area contributed by atoms with Crippen molar-refractivity contribution in [3.63, 3.8) is 0 Å². The van der Waals surface area contributed by atoms with Crippen LogP contribution in [0.25, 0.3) is 0 Å². The summed E-state index contributed by atoms with van der Waals surface area (Å²) in [6.07, 6.45) is 1.06. The van der Waals surface area contributed by atoms with Crippen molar-refractivity contribution in [2.45, 2.75) is 18.9 Å². The molecule has 5 rings (SSSR count). The molecule has 1 atom stereocenters. The summed E-state index contributed by atoms with van der Waals surface area (Å²) in [5.74, 6) is -1.91. The van der Waals surface area contributed by atoms with Crippen molar-refractivity contribution in [1.29, 1.82) is 0 Å². The van der Waals surface area contributed by atoms with Gasteiger partial charge in [0.2, 0.25) is 5.91 Å². The number of para-hydroxylation sites is 1. The number of likely N-dealkylation sites (tertiary alicyclic amines) is 1. The highest BCUT2D eigenvalue weighted by Crippen LogP contribution is 2.57. The molecule has 33 heavy (non-hydrogen) atoms. The molecule has 2 saturated heterocycles. The summed E-state index contributed by atoms with van der Waals surface area (Å²) in [7, 11) is 0. The first-order valence-electron chi connectivity index (χ1n) is 10.9. The van der Waals surface area contributed by atoms with E-state index in [1.165, 1.54) is 6.07 Å². The average molecular weight is 447 g/mol. The van der Waals surface area contributed by atoms with Gasteiger partial charge in [-0.15, -0.1) is 0 Å². The molecule has 3 aromatic carbocycles. The molecule has 0 saturated carbocycles. The number of piperidine rings is 1. The maximum absolute atomic E-state index is 13.5. The van der Waals surface area contributed by atoms with Crippen molar-refractivity contribution < 1.29 is 18.4 Å². The van der Waals surface area contributed by atoms with E-state index in [-0.39, 0.29) is 23.7 Å². The molecule has 168 valence electrons. The summed E-state index contributed by atoms with van der Waals surface area (Å²) < 4.78 is 26.6. The van der Waals surface area contributed by atoms with Gasteiger partial charge in [-0.25, -0.2) is 13.6 Å². The number of nitrogens with one attached hydrogen (secondary N) is 1. The first-order valence-corrected chi connectivity index (χ1v) is 10.9. The lowest BCUT2D eigenvalue weighted by Gasteiger charge is -2.59. The van der Waals surface area contributed by atoms with Gasteiger partial charge >= 0.3 is 6.03 Å². The quantitative estimate of drug-likeness (QED) is 0.549. The smallest absolute Gasteiger partial charge is 0.321 e. The number of carbonyl (C=O) groups excluding carboxylic acids is 2. The van der Waals surface area contributed by atoms with Crippen LogP contribution in [0, 0.1) is 17.0 Å². The Kier molecular flexibility index (Phi) is 5.32. The normalized spacial score (nSPS) is 19.3. The first-order chi connectivity index (χ1) is 16.0. The molecule has 3 amide bonds. The van der Waals surface area contributed by atoms with Gasteiger partial charge in [-0.05, 0) is 42.7 Å². The molecule has 0 aliphatic carbocycles. The monoisotopic (exact) mass is 447 g/mol. The third kappa shape index (κ3) is 3.63. The van der Waals surface area contributed by atoms with Crippen LogP contribution in [0.15, 0.2) is 78.9 Å². The summed E-state index contributed by atoms with van der Waals surface area (Å²) in [5.41, 5.74) is 1.55. The molecule has 7 heteroatoms. The van der Waals surface area contributed by atoms with Gasteiger partial charge in [-0.1, -0.05) is 48.5 Å². The summed E-state index contributed by atoms with van der Waals surface area (Å²) in [6.45, 7) is 0.792. The predicted octanol–water partition coefficient (Wildman–Crippen LogP) is 5.37. The zero-order chi connectivity index (χ0) is 23.0. The van der Waals surface area contributed by atoms with Crippen LogP contribution in [-0.4, -0.2) is 29.9 Å². The van der Waals surface area contributed by atoms with E-state index < -0.39 is 17.0 Å². The maximum atomic E-state index is 13.5. The number of nitrogens with zero attached hydrogens (tertiary/aromatic N) is 2. The zero-order valence-electron chi connectivity index (χ0n) is 17.9. The number of carbonyl (C=O) groups is 2. The SMILES string of the molecule is O=C(Nc1ccc(F)c(F)c1)N1CCC2(CC1)C(=O)N(c1ccccc1)C2c1ccccc1. The van der Waals surface area contributed by atoms with Crippen molar-refractivity contribution in [1.82, 2.24) is 4.90 Å². The van der Waals surface area contributed by atoms with E-state index in [4.69, 9.17) is 0 Å². The molecule has 0 aromatic heterocycles. The van der Waals surface area contributed by atoms with Crippen molar-refractivity contribution in [3.8, 4) is 0 Å². The average Bonchev–Trinajstić information content (AvgIpc) is 2.85. The molecule has 2 fully saturated rings. The molecule has 3 aromatic rings. The van der Waals surface area contributed by atoms with Crippen LogP contribution in [0.4, 0.5) is 25.0 Å². The van der Waals surface area contributed by atoms with E-state index in [0.29, 0.717) is 25.9 Å². The van der Waals surface area contributed by atoms with E-state index in [1.54, 1.807) is 4.90 Å². The van der Waals surface area contributed by atoms with Crippen molar-refractivity contribution >= 4 is 23.3 Å². The molecular formula is C26H23F2N3O2. The molecule has 1 N–H and O–H groups in total. The minimum Gasteiger partial charge on any atom is -0.324 e. The fraction of sp³-hybridized carbons (Fsp3) is 0.231. The third-order valence-corrected chi connectivity index (χ3v) is 6.69. The molecule has 2 aliphatic heterocycles. The van der Waals surface area contributed by atoms with Gasteiger partial charge in [0.1, 0.15) is 0 Å². The number of urea groups is 1. The number of benzene rings is 3. The van der Waals surface area contributed by atoms with E-state index in [0.717, 1.165) is 23.4 Å². The lowest BCUT2D eigenvalue weighted by molar-refractivity contribution is -0.144. The van der Waals surface area contributed by atoms with Crippen molar-refractivity contribution in [3.05, 3.63) is 96.1 Å². The topological polar surface area (TPSA) is 52.7 Å². The number of hydrogen-bond donors (Lipinski definition) is 1. The summed E-state index contributed by atoms with van der Waals surface area (Å²) in [6, 6.07) is 22.4. The molecule has 1 unspecified atom stereocenters. The van der Waals surface area contributed by atoms with Gasteiger partial charge in [0.05, 0.1) is 11.5 Å². The number of halogens is 2. The van der Waals surface area contributed by atoms with Crippen LogP contribution >= 0.6 is 0 Å². The maximum Gasteiger partial charge on any atom is 0.321 e. The minimum absolute atomic E-state index is 0.0724. The first kappa shape index (κ1) is 21.1. The second-order valence-electron chi connectivity index (χ2n) is 8.53. The zero-order valence-corrected chi connectivity index (χ0v) is 17.9. The Morgan fingerprint density at radius 1 is 0.879 bits per heavy atom. The van der Waals surface area contributed by atoms with Gasteiger partial charge in [0.15, 0.2) is 11.6 Å². The number of β-lactam (4-membered cyclic amide) rings is 1. The Labute approximate surface area is 190 Å². The number of hydrogen-bond acceptors (Lipinski definition) is 2. The summed E-state index contributed by atoms with van der Waals surface area (Å²) >= 11 is 0. The highest BCUT2D eigenvalue weighted by Gasteiger charge is 2.62. The molecule has 1 spiro atoms. The Morgan fingerprint density at radius 2 is 1.52 bits per heavy atom. The standard InChI is InChI=1S/C26H23F2N3O2/c27-21-12-11-19(17-22(21)28)29-25(33)30-15-13-26(14-16-30)23(18-7-3-1-4-8-18)31(24(26)32)20-9-5-2-6-10-20/h1-12,17,23H,13-16H2,(H,29,33). The summed E-state index contributed by atoms with van der Waals surface area (Å²) in [4.78, 5) is 29.7. The van der Waals surface area contributed by atoms with E-state index in [1.807, 2.05) is 65.6 Å². The molecule has 0 bridgehead atoms. The Bertz CT molecular complexity index is 1180. The van der Waals surface area contributed by atoms with E-state index in [9.17, 15) is 18.4 Å². The van der Waals surface area contributed by atoms with Crippen LogP contribution in [0.3, 0.4) is 0 Å². The molecule has 2 aliphatic rings. The van der Waals surface area contributed by atoms with Crippen LogP contribution in [0.5, 0.6) is 0 Å². The van der Waals surface area contributed by atoms with Crippen LogP contribution in [0.1, 0.15) is 24.4 Å². The van der Waals surface area contributed by atoms with Gasteiger partial charge in [-0.3, -0.25) is 4.79 Å². The Balaban J connectivity index is 1.34. The van der Waals surface area contributed by atoms with Gasteiger partial charge in [0.25, 0.3) is 0 Å². The minimum atomic E-state index is -1.02. The highest BCUT2D eigenvalue weighted by atomic mass is 19.2. The largest absolute Gasteiger partial charge is 0.324 e. The Hall–Kier alpha value is -3.74. The van der Waals surface area contributed by atoms with Crippen LogP contribution in [0.2, 0.25) is 0 Å². The fourth-order valence-corrected chi connectivity index (χ4v) is 4.99.